The first-order valence-corrected chi connectivity index (χ1v) is 12.3. The molecule has 3 aromatic carbocycles. The summed E-state index contributed by atoms with van der Waals surface area (Å²) in [6.45, 7) is 1.93. The van der Waals surface area contributed by atoms with Gasteiger partial charge in [0.05, 0.1) is 17.3 Å². The number of aromatic nitrogens is 2. The maximum absolute atomic E-state index is 14.1. The number of hydrogen-bond acceptors (Lipinski definition) is 5. The van der Waals surface area contributed by atoms with Crippen molar-refractivity contribution in [3.8, 4) is 11.4 Å². The number of nitrogens with one attached hydrogen (secondary N) is 1. The van der Waals surface area contributed by atoms with E-state index in [1.165, 1.54) is 12.1 Å². The predicted octanol–water partition coefficient (Wildman–Crippen LogP) is 6.46. The van der Waals surface area contributed by atoms with Crippen LogP contribution in [0.15, 0.2) is 94.0 Å². The van der Waals surface area contributed by atoms with Gasteiger partial charge in [-0.15, -0.1) is 11.8 Å². The Hall–Kier alpha value is -3.49. The van der Waals surface area contributed by atoms with E-state index in [0.717, 1.165) is 27.3 Å². The number of allylic oxidation sites excluding steroid dienone is 1. The molecule has 0 radical (unpaired) electrons. The largest absolute Gasteiger partial charge is 0.351 e. The summed E-state index contributed by atoms with van der Waals surface area (Å²) in [7, 11) is 0. The summed E-state index contributed by atoms with van der Waals surface area (Å²) < 4.78 is 19.8. The predicted molar refractivity (Wildman–Crippen MR) is 138 cm³/mol. The second-order valence-corrected chi connectivity index (χ2v) is 9.03. The molecule has 0 spiro atoms. The van der Waals surface area contributed by atoms with E-state index in [1.54, 1.807) is 22.7 Å². The van der Waals surface area contributed by atoms with E-state index < -0.39 is 0 Å². The molecule has 0 bridgehead atoms. The van der Waals surface area contributed by atoms with Crippen molar-refractivity contribution in [3.63, 3.8) is 0 Å². The summed E-state index contributed by atoms with van der Waals surface area (Å²) in [5.41, 5.74) is 4.05. The maximum Gasteiger partial charge on any atom is 0.258 e. The highest BCUT2D eigenvalue weighted by Crippen LogP contribution is 2.39. The van der Waals surface area contributed by atoms with Gasteiger partial charge < -0.3 is 9.84 Å². The zero-order chi connectivity index (χ0) is 23.7. The van der Waals surface area contributed by atoms with Gasteiger partial charge in [-0.3, -0.25) is 4.90 Å². The number of anilines is 1. The highest BCUT2D eigenvalue weighted by molar-refractivity contribution is 7.98. The van der Waals surface area contributed by atoms with E-state index in [1.807, 2.05) is 49.6 Å². The molecule has 1 aliphatic heterocycles. The molecule has 5 rings (SSSR count). The van der Waals surface area contributed by atoms with Crippen LogP contribution in [0.25, 0.3) is 17.0 Å². The Balaban J connectivity index is 1.65. The highest BCUT2D eigenvalue weighted by Gasteiger charge is 2.34. The first-order valence-electron chi connectivity index (χ1n) is 10.7. The first kappa shape index (κ1) is 22.3. The van der Waals surface area contributed by atoms with E-state index in [9.17, 15) is 4.39 Å². The van der Waals surface area contributed by atoms with Crippen molar-refractivity contribution in [2.45, 2.75) is 17.9 Å². The minimum atomic E-state index is -0.339. The topological polar surface area (TPSA) is 54.2 Å². The molecular formula is C26H21FN4OS2. The summed E-state index contributed by atoms with van der Waals surface area (Å²) in [5.74, 6) is 0.540. The molecule has 2 heterocycles. The van der Waals surface area contributed by atoms with Crippen molar-refractivity contribution in [2.24, 2.45) is 0 Å². The van der Waals surface area contributed by atoms with E-state index in [0.29, 0.717) is 22.5 Å². The van der Waals surface area contributed by atoms with Gasteiger partial charge in [0, 0.05) is 16.2 Å². The second-order valence-electron chi connectivity index (χ2n) is 7.76. The van der Waals surface area contributed by atoms with Gasteiger partial charge in [-0.25, -0.2) is 4.39 Å². The number of thioether (sulfide) groups is 1. The fraction of sp³-hybridized carbons (Fsp3) is 0.115. The van der Waals surface area contributed by atoms with Crippen LogP contribution in [0.4, 0.5) is 10.1 Å². The van der Waals surface area contributed by atoms with Crippen LogP contribution in [0.5, 0.6) is 0 Å². The zero-order valence-corrected chi connectivity index (χ0v) is 20.2. The van der Waals surface area contributed by atoms with Crippen molar-refractivity contribution in [1.82, 2.24) is 15.5 Å². The van der Waals surface area contributed by atoms with Gasteiger partial charge in [-0.1, -0.05) is 53.7 Å². The van der Waals surface area contributed by atoms with Crippen LogP contribution in [0, 0.1) is 5.82 Å². The Morgan fingerprint density at radius 1 is 1.03 bits per heavy atom. The average Bonchev–Trinajstić information content (AvgIpc) is 3.34. The van der Waals surface area contributed by atoms with Crippen LogP contribution < -0.4 is 10.2 Å². The monoisotopic (exact) mass is 488 g/mol. The fourth-order valence-corrected chi connectivity index (χ4v) is 4.80. The van der Waals surface area contributed by atoms with E-state index in [-0.39, 0.29) is 11.9 Å². The molecule has 1 atom stereocenters. The third kappa shape index (κ3) is 4.22. The van der Waals surface area contributed by atoms with Gasteiger partial charge in [-0.05, 0) is 61.3 Å². The molecule has 0 aliphatic carbocycles. The van der Waals surface area contributed by atoms with Crippen molar-refractivity contribution < 1.29 is 8.91 Å². The average molecular weight is 489 g/mol. The lowest BCUT2D eigenvalue weighted by atomic mass is 9.94. The summed E-state index contributed by atoms with van der Waals surface area (Å²) >= 11 is 7.41. The Kier molecular flexibility index (Phi) is 6.17. The molecule has 8 heteroatoms. The van der Waals surface area contributed by atoms with Gasteiger partial charge in [0.2, 0.25) is 5.82 Å². The molecule has 0 fully saturated rings. The van der Waals surface area contributed by atoms with E-state index >= 15 is 0 Å². The lowest BCUT2D eigenvalue weighted by Gasteiger charge is -2.37. The van der Waals surface area contributed by atoms with Crippen LogP contribution in [0.3, 0.4) is 0 Å². The van der Waals surface area contributed by atoms with Crippen LogP contribution in [-0.4, -0.2) is 21.5 Å². The van der Waals surface area contributed by atoms with Crippen LogP contribution in [0.1, 0.15) is 24.4 Å². The minimum Gasteiger partial charge on any atom is -0.351 e. The lowest BCUT2D eigenvalue weighted by Crippen LogP contribution is -2.46. The molecule has 0 saturated carbocycles. The smallest absolute Gasteiger partial charge is 0.258 e. The third-order valence-electron chi connectivity index (χ3n) is 5.69. The van der Waals surface area contributed by atoms with Crippen LogP contribution in [-0.2, 0) is 0 Å². The molecular weight excluding hydrogens is 467 g/mol. The molecule has 0 saturated heterocycles. The summed E-state index contributed by atoms with van der Waals surface area (Å²) in [6, 6.07) is 23.9. The SMILES string of the molecule is CSc1ccc(C2NC(=S)N(c3cccc(F)c3)C(C)=C2c2nc(-c3ccccc3)no2)cc1. The maximum atomic E-state index is 14.1. The number of nitrogens with zero attached hydrogens (tertiary/aromatic N) is 3. The number of thiocarbonyl (C=S) groups is 1. The summed E-state index contributed by atoms with van der Waals surface area (Å²) in [6.07, 6.45) is 2.04. The molecule has 34 heavy (non-hydrogen) atoms. The Bertz CT molecular complexity index is 1370. The number of hydrogen-bond donors (Lipinski definition) is 1. The first-order chi connectivity index (χ1) is 16.5. The van der Waals surface area contributed by atoms with Crippen molar-refractivity contribution in [3.05, 3.63) is 102 Å². The van der Waals surface area contributed by atoms with Gasteiger partial charge in [0.1, 0.15) is 5.82 Å². The molecule has 1 aliphatic rings. The van der Waals surface area contributed by atoms with Crippen molar-refractivity contribution in [1.29, 1.82) is 0 Å². The zero-order valence-electron chi connectivity index (χ0n) is 18.5. The summed E-state index contributed by atoms with van der Waals surface area (Å²) in [4.78, 5) is 7.67. The minimum absolute atomic E-state index is 0.308. The molecule has 0 amide bonds. The summed E-state index contributed by atoms with van der Waals surface area (Å²) in [5, 5.41) is 8.09. The van der Waals surface area contributed by atoms with Gasteiger partial charge >= 0.3 is 0 Å². The molecule has 1 aromatic heterocycles. The molecule has 1 N–H and O–H groups in total. The highest BCUT2D eigenvalue weighted by atomic mass is 32.2. The van der Waals surface area contributed by atoms with Crippen LogP contribution >= 0.6 is 24.0 Å². The van der Waals surface area contributed by atoms with Gasteiger partial charge in [0.25, 0.3) is 5.89 Å². The molecule has 5 nitrogen and oxygen atoms in total. The van der Waals surface area contributed by atoms with Crippen molar-refractivity contribution in [2.75, 3.05) is 11.2 Å². The molecule has 4 aromatic rings. The van der Waals surface area contributed by atoms with Crippen LogP contribution in [0.2, 0.25) is 0 Å². The number of rotatable bonds is 5. The number of halogens is 1. The lowest BCUT2D eigenvalue weighted by molar-refractivity contribution is 0.404. The van der Waals surface area contributed by atoms with E-state index in [4.69, 9.17) is 21.7 Å². The Labute approximate surface area is 206 Å². The Morgan fingerprint density at radius 3 is 2.50 bits per heavy atom. The number of benzene rings is 3. The standard InChI is InChI=1S/C26H21FN4OS2/c1-16-22(25-29-24(30-32-25)18-7-4-3-5-8-18)23(17-11-13-21(34-2)14-12-17)28-26(33)31(16)20-10-6-9-19(27)15-20/h3-15,23H,1-2H3,(H,28,33). The fourth-order valence-electron chi connectivity index (χ4n) is 4.03. The Morgan fingerprint density at radius 2 is 1.79 bits per heavy atom. The van der Waals surface area contributed by atoms with Gasteiger partial charge in [0.15, 0.2) is 5.11 Å². The third-order valence-corrected chi connectivity index (χ3v) is 6.73. The second kappa shape index (κ2) is 9.40. The molecule has 170 valence electrons. The normalized spacial score (nSPS) is 16.0. The van der Waals surface area contributed by atoms with E-state index in [2.05, 4.69) is 34.7 Å². The van der Waals surface area contributed by atoms with Gasteiger partial charge in [-0.2, -0.15) is 4.98 Å². The van der Waals surface area contributed by atoms with Crippen molar-refractivity contribution >= 4 is 40.4 Å². The molecule has 1 unspecified atom stereocenters. The quantitative estimate of drug-likeness (QED) is 0.255.